The van der Waals surface area contributed by atoms with E-state index >= 15 is 0 Å². The summed E-state index contributed by atoms with van der Waals surface area (Å²) in [6.07, 6.45) is 3.58. The lowest BCUT2D eigenvalue weighted by atomic mass is 10.2. The van der Waals surface area contributed by atoms with Crippen LogP contribution in [-0.2, 0) is 0 Å². The SMILES string of the molecule is Cc1cccn2cc(C(=O)Nc3cccc(-n4nnnc4C)c3)nc12. The highest BCUT2D eigenvalue weighted by molar-refractivity contribution is 6.03. The number of hydrogen-bond donors (Lipinski definition) is 1. The van der Waals surface area contributed by atoms with Gasteiger partial charge in [-0.25, -0.2) is 4.98 Å². The van der Waals surface area contributed by atoms with Crippen molar-refractivity contribution in [3.8, 4) is 5.69 Å². The molecule has 25 heavy (non-hydrogen) atoms. The van der Waals surface area contributed by atoms with E-state index in [2.05, 4.69) is 25.8 Å². The Morgan fingerprint density at radius 3 is 2.80 bits per heavy atom. The van der Waals surface area contributed by atoms with E-state index in [1.807, 2.05) is 60.8 Å². The molecule has 0 aliphatic rings. The largest absolute Gasteiger partial charge is 0.321 e. The molecule has 4 rings (SSSR count). The first-order chi connectivity index (χ1) is 12.1. The summed E-state index contributed by atoms with van der Waals surface area (Å²) in [5, 5.41) is 14.3. The molecule has 1 aromatic carbocycles. The van der Waals surface area contributed by atoms with E-state index < -0.39 is 0 Å². The second kappa shape index (κ2) is 5.82. The number of amides is 1. The number of pyridine rings is 1. The summed E-state index contributed by atoms with van der Waals surface area (Å²) < 4.78 is 3.44. The quantitative estimate of drug-likeness (QED) is 0.620. The number of aryl methyl sites for hydroxylation is 2. The first-order valence-corrected chi connectivity index (χ1v) is 7.73. The fourth-order valence-corrected chi connectivity index (χ4v) is 2.64. The van der Waals surface area contributed by atoms with Crippen molar-refractivity contribution in [3.05, 3.63) is 65.9 Å². The van der Waals surface area contributed by atoms with Gasteiger partial charge < -0.3 is 9.72 Å². The molecule has 0 bridgehead atoms. The molecule has 1 N–H and O–H groups in total. The number of fused-ring (bicyclic) bond motifs is 1. The van der Waals surface area contributed by atoms with Gasteiger partial charge in [0.15, 0.2) is 5.82 Å². The monoisotopic (exact) mass is 333 g/mol. The molecule has 0 aliphatic carbocycles. The summed E-state index contributed by atoms with van der Waals surface area (Å²) in [6, 6.07) is 11.2. The smallest absolute Gasteiger partial charge is 0.275 e. The zero-order valence-corrected chi connectivity index (χ0v) is 13.7. The molecule has 8 heteroatoms. The molecule has 0 saturated heterocycles. The molecule has 3 heterocycles. The van der Waals surface area contributed by atoms with Gasteiger partial charge in [0.2, 0.25) is 0 Å². The summed E-state index contributed by atoms with van der Waals surface area (Å²) in [5.41, 5.74) is 3.55. The predicted octanol–water partition coefficient (Wildman–Crippen LogP) is 2.18. The number of hydrogen-bond acceptors (Lipinski definition) is 5. The van der Waals surface area contributed by atoms with E-state index in [0.29, 0.717) is 17.2 Å². The minimum Gasteiger partial charge on any atom is -0.321 e. The Kier molecular flexibility index (Phi) is 3.50. The zero-order chi connectivity index (χ0) is 17.4. The average molecular weight is 333 g/mol. The van der Waals surface area contributed by atoms with Gasteiger partial charge in [0.05, 0.1) is 5.69 Å². The fraction of sp³-hybridized carbons (Fsp3) is 0.118. The Morgan fingerprint density at radius 2 is 2.04 bits per heavy atom. The summed E-state index contributed by atoms with van der Waals surface area (Å²) in [7, 11) is 0. The van der Waals surface area contributed by atoms with Crippen molar-refractivity contribution >= 4 is 17.2 Å². The van der Waals surface area contributed by atoms with Crippen LogP contribution in [0.3, 0.4) is 0 Å². The number of benzene rings is 1. The van der Waals surface area contributed by atoms with Crippen molar-refractivity contribution in [1.29, 1.82) is 0 Å². The number of carbonyl (C=O) groups excluding carboxylic acids is 1. The number of nitrogens with one attached hydrogen (secondary N) is 1. The van der Waals surface area contributed by atoms with Gasteiger partial charge in [-0.3, -0.25) is 4.79 Å². The molecule has 0 fully saturated rings. The molecule has 124 valence electrons. The highest BCUT2D eigenvalue weighted by Crippen LogP contribution is 2.16. The van der Waals surface area contributed by atoms with Crippen LogP contribution in [0.25, 0.3) is 11.3 Å². The maximum Gasteiger partial charge on any atom is 0.275 e. The van der Waals surface area contributed by atoms with Gasteiger partial charge in [-0.1, -0.05) is 12.1 Å². The number of tetrazole rings is 1. The summed E-state index contributed by atoms with van der Waals surface area (Å²) in [5.74, 6) is 0.396. The third-order valence-corrected chi connectivity index (χ3v) is 3.88. The molecule has 0 saturated carbocycles. The van der Waals surface area contributed by atoms with Crippen molar-refractivity contribution in [1.82, 2.24) is 29.6 Å². The molecule has 4 aromatic rings. The third-order valence-electron chi connectivity index (χ3n) is 3.88. The third kappa shape index (κ3) is 2.74. The van der Waals surface area contributed by atoms with E-state index in [-0.39, 0.29) is 5.91 Å². The molecule has 0 aliphatic heterocycles. The highest BCUT2D eigenvalue weighted by atomic mass is 16.1. The number of carbonyl (C=O) groups is 1. The van der Waals surface area contributed by atoms with Gasteiger partial charge in [0, 0.05) is 18.1 Å². The Hall–Kier alpha value is -3.55. The van der Waals surface area contributed by atoms with Crippen LogP contribution in [0.4, 0.5) is 5.69 Å². The van der Waals surface area contributed by atoms with E-state index in [1.54, 1.807) is 10.9 Å². The number of imidazole rings is 1. The maximum absolute atomic E-state index is 12.5. The molecule has 8 nitrogen and oxygen atoms in total. The second-order valence-electron chi connectivity index (χ2n) is 5.69. The first-order valence-electron chi connectivity index (χ1n) is 7.73. The van der Waals surface area contributed by atoms with Crippen molar-refractivity contribution in [2.75, 3.05) is 5.32 Å². The lowest BCUT2D eigenvalue weighted by molar-refractivity contribution is 0.102. The number of aromatic nitrogens is 6. The van der Waals surface area contributed by atoms with Crippen LogP contribution in [0.5, 0.6) is 0 Å². The first kappa shape index (κ1) is 15.0. The average Bonchev–Trinajstić information content (AvgIpc) is 3.22. The molecule has 0 atom stereocenters. The van der Waals surface area contributed by atoms with Crippen molar-refractivity contribution in [3.63, 3.8) is 0 Å². The lowest BCUT2D eigenvalue weighted by Crippen LogP contribution is -2.12. The van der Waals surface area contributed by atoms with Crippen molar-refractivity contribution in [2.24, 2.45) is 0 Å². The standard InChI is InChI=1S/C17H15N7O/c1-11-5-4-8-23-10-15(19-16(11)23)17(25)18-13-6-3-7-14(9-13)24-12(2)20-21-22-24/h3-10H,1-2H3,(H,18,25). The minimum absolute atomic E-state index is 0.270. The molecular weight excluding hydrogens is 318 g/mol. The molecule has 3 aromatic heterocycles. The number of anilines is 1. The second-order valence-corrected chi connectivity index (χ2v) is 5.69. The summed E-state index contributed by atoms with van der Waals surface area (Å²) in [6.45, 7) is 3.77. The predicted molar refractivity (Wildman–Crippen MR) is 91.8 cm³/mol. The van der Waals surface area contributed by atoms with E-state index in [0.717, 1.165) is 16.9 Å². The lowest BCUT2D eigenvalue weighted by Gasteiger charge is -2.06. The van der Waals surface area contributed by atoms with Gasteiger partial charge in [0.25, 0.3) is 5.91 Å². The minimum atomic E-state index is -0.270. The van der Waals surface area contributed by atoms with Crippen LogP contribution >= 0.6 is 0 Å². The molecule has 0 radical (unpaired) electrons. The fourth-order valence-electron chi connectivity index (χ4n) is 2.64. The van der Waals surface area contributed by atoms with Gasteiger partial charge in [-0.15, -0.1) is 5.10 Å². The van der Waals surface area contributed by atoms with Crippen molar-refractivity contribution in [2.45, 2.75) is 13.8 Å². The van der Waals surface area contributed by atoms with Crippen LogP contribution in [0, 0.1) is 13.8 Å². The Morgan fingerprint density at radius 1 is 1.16 bits per heavy atom. The van der Waals surface area contributed by atoms with Crippen LogP contribution < -0.4 is 5.32 Å². The van der Waals surface area contributed by atoms with Gasteiger partial charge >= 0.3 is 0 Å². The molecular formula is C17H15N7O. The van der Waals surface area contributed by atoms with Crippen LogP contribution in [0.15, 0.2) is 48.8 Å². The molecule has 1 amide bonds. The summed E-state index contributed by atoms with van der Waals surface area (Å²) >= 11 is 0. The number of rotatable bonds is 3. The Labute approximate surface area is 143 Å². The Bertz CT molecular complexity index is 1080. The number of nitrogens with zero attached hydrogens (tertiary/aromatic N) is 6. The molecule has 0 spiro atoms. The van der Waals surface area contributed by atoms with Crippen LogP contribution in [-0.4, -0.2) is 35.5 Å². The topological polar surface area (TPSA) is 90.0 Å². The van der Waals surface area contributed by atoms with Gasteiger partial charge in [-0.05, 0) is 54.1 Å². The van der Waals surface area contributed by atoms with Crippen LogP contribution in [0.1, 0.15) is 21.9 Å². The van der Waals surface area contributed by atoms with E-state index in [1.165, 1.54) is 0 Å². The zero-order valence-electron chi connectivity index (χ0n) is 13.7. The Balaban J connectivity index is 1.62. The van der Waals surface area contributed by atoms with E-state index in [4.69, 9.17) is 0 Å². The molecule has 0 unspecified atom stereocenters. The van der Waals surface area contributed by atoms with Gasteiger partial charge in [0.1, 0.15) is 11.3 Å². The maximum atomic E-state index is 12.5. The highest BCUT2D eigenvalue weighted by Gasteiger charge is 2.13. The van der Waals surface area contributed by atoms with Crippen molar-refractivity contribution < 1.29 is 4.79 Å². The van der Waals surface area contributed by atoms with Gasteiger partial charge in [-0.2, -0.15) is 4.68 Å². The van der Waals surface area contributed by atoms with Crippen LogP contribution in [0.2, 0.25) is 0 Å². The summed E-state index contributed by atoms with van der Waals surface area (Å²) in [4.78, 5) is 16.9. The normalized spacial score (nSPS) is 11.0. The van der Waals surface area contributed by atoms with E-state index in [9.17, 15) is 4.79 Å².